The zero-order valence-corrected chi connectivity index (χ0v) is 10.1. The Kier molecular flexibility index (Phi) is 4.16. The van der Waals surface area contributed by atoms with E-state index in [-0.39, 0.29) is 13.1 Å². The first-order valence-electron chi connectivity index (χ1n) is 5.79. The number of hydrogen-bond donors (Lipinski definition) is 1. The van der Waals surface area contributed by atoms with Crippen molar-refractivity contribution in [1.82, 2.24) is 20.3 Å². The van der Waals surface area contributed by atoms with E-state index in [2.05, 4.69) is 15.5 Å². The Labute approximate surface area is 108 Å². The van der Waals surface area contributed by atoms with Gasteiger partial charge in [-0.3, -0.25) is 0 Å². The molecule has 0 spiro atoms. The molecule has 0 radical (unpaired) electrons. The summed E-state index contributed by atoms with van der Waals surface area (Å²) in [5.41, 5.74) is 1.41. The molecular weight excluding hydrogens is 257 g/mol. The van der Waals surface area contributed by atoms with Gasteiger partial charge in [0.25, 0.3) is 0 Å². The molecule has 0 aliphatic rings. The number of halogens is 3. The Morgan fingerprint density at radius 2 is 1.89 bits per heavy atom. The van der Waals surface area contributed by atoms with Crippen LogP contribution in [0, 0.1) is 0 Å². The lowest BCUT2D eigenvalue weighted by Crippen LogP contribution is -2.21. The molecule has 4 nitrogen and oxygen atoms in total. The van der Waals surface area contributed by atoms with Crippen molar-refractivity contribution >= 4 is 0 Å². The Morgan fingerprint density at radius 3 is 2.58 bits per heavy atom. The number of benzene rings is 1. The van der Waals surface area contributed by atoms with E-state index in [1.54, 1.807) is 0 Å². The second-order valence-electron chi connectivity index (χ2n) is 4.00. The molecule has 0 atom stereocenters. The van der Waals surface area contributed by atoms with Crippen molar-refractivity contribution in [2.75, 3.05) is 6.54 Å². The molecule has 0 amide bonds. The third-order valence-corrected chi connectivity index (χ3v) is 2.42. The third kappa shape index (κ3) is 4.36. The minimum Gasteiger partial charge on any atom is -0.311 e. The average Bonchev–Trinajstić information content (AvgIpc) is 2.83. The quantitative estimate of drug-likeness (QED) is 0.848. The van der Waals surface area contributed by atoms with E-state index < -0.39 is 12.6 Å². The highest BCUT2D eigenvalue weighted by molar-refractivity contribution is 5.28. The predicted molar refractivity (Wildman–Crippen MR) is 63.7 cm³/mol. The van der Waals surface area contributed by atoms with Gasteiger partial charge in [-0.15, -0.1) is 0 Å². The molecule has 1 aromatic carbocycles. The van der Waals surface area contributed by atoms with Crippen molar-refractivity contribution in [1.29, 1.82) is 0 Å². The summed E-state index contributed by atoms with van der Waals surface area (Å²) in [7, 11) is 0. The van der Waals surface area contributed by atoms with Gasteiger partial charge in [0, 0.05) is 13.1 Å². The van der Waals surface area contributed by atoms with Crippen LogP contribution in [0.15, 0.2) is 36.5 Å². The monoisotopic (exact) mass is 270 g/mol. The van der Waals surface area contributed by atoms with Gasteiger partial charge in [0.05, 0.1) is 24.0 Å². The zero-order valence-electron chi connectivity index (χ0n) is 10.1. The highest BCUT2D eigenvalue weighted by Gasteiger charge is 2.25. The van der Waals surface area contributed by atoms with E-state index in [1.165, 1.54) is 11.0 Å². The molecule has 19 heavy (non-hydrogen) atoms. The molecule has 0 bridgehead atoms. The second kappa shape index (κ2) is 5.83. The van der Waals surface area contributed by atoms with Gasteiger partial charge < -0.3 is 5.32 Å². The largest absolute Gasteiger partial charge is 0.390 e. The number of para-hydroxylation sites is 1. The number of rotatable bonds is 5. The number of alkyl halides is 3. The predicted octanol–water partition coefficient (Wildman–Crippen LogP) is 2.31. The fourth-order valence-corrected chi connectivity index (χ4v) is 1.51. The molecule has 7 heteroatoms. The van der Waals surface area contributed by atoms with E-state index >= 15 is 0 Å². The summed E-state index contributed by atoms with van der Waals surface area (Å²) in [6.07, 6.45) is -3.44. The van der Waals surface area contributed by atoms with E-state index in [1.807, 2.05) is 30.3 Å². The third-order valence-electron chi connectivity index (χ3n) is 2.42. The highest BCUT2D eigenvalue weighted by Crippen LogP contribution is 2.18. The molecule has 0 unspecified atom stereocenters. The number of nitrogens with zero attached hydrogens (tertiary/aromatic N) is 3. The lowest BCUT2D eigenvalue weighted by molar-refractivity contribution is -0.133. The zero-order chi connectivity index (χ0) is 13.7. The second-order valence-corrected chi connectivity index (χ2v) is 4.00. The number of hydrogen-bond acceptors (Lipinski definition) is 3. The minimum atomic E-state index is -4.13. The summed E-state index contributed by atoms with van der Waals surface area (Å²) in [6, 6.07) is 9.30. The normalized spacial score (nSPS) is 11.7. The van der Waals surface area contributed by atoms with Gasteiger partial charge in [-0.2, -0.15) is 28.2 Å². The molecule has 0 fully saturated rings. The van der Waals surface area contributed by atoms with Crippen LogP contribution in [0.3, 0.4) is 0 Å². The van der Waals surface area contributed by atoms with Gasteiger partial charge in [-0.25, -0.2) is 0 Å². The molecule has 102 valence electrons. The molecular formula is C12H13F3N4. The molecule has 0 saturated carbocycles. The van der Waals surface area contributed by atoms with E-state index in [9.17, 15) is 13.2 Å². The van der Waals surface area contributed by atoms with Crippen molar-refractivity contribution < 1.29 is 13.2 Å². The fourth-order valence-electron chi connectivity index (χ4n) is 1.51. The maximum atomic E-state index is 11.9. The molecule has 2 rings (SSSR count). The average molecular weight is 270 g/mol. The van der Waals surface area contributed by atoms with Crippen molar-refractivity contribution in [3.8, 4) is 5.69 Å². The summed E-state index contributed by atoms with van der Waals surface area (Å²) in [6.45, 7) is 0.143. The van der Waals surface area contributed by atoms with Crippen LogP contribution in [0.1, 0.15) is 12.1 Å². The van der Waals surface area contributed by atoms with Gasteiger partial charge in [0.2, 0.25) is 0 Å². The SMILES string of the molecule is FC(F)(F)CCNCc1cnn(-c2ccccc2)n1. The van der Waals surface area contributed by atoms with E-state index in [0.717, 1.165) is 5.69 Å². The van der Waals surface area contributed by atoms with Gasteiger partial charge in [0.15, 0.2) is 0 Å². The van der Waals surface area contributed by atoms with Crippen molar-refractivity contribution in [2.24, 2.45) is 0 Å². The number of nitrogens with one attached hydrogen (secondary N) is 1. The summed E-state index contributed by atoms with van der Waals surface area (Å²) in [4.78, 5) is 1.45. The topological polar surface area (TPSA) is 42.7 Å². The van der Waals surface area contributed by atoms with Gasteiger partial charge in [-0.1, -0.05) is 18.2 Å². The van der Waals surface area contributed by atoms with E-state index in [4.69, 9.17) is 0 Å². The first-order chi connectivity index (χ1) is 9.04. The lowest BCUT2D eigenvalue weighted by Gasteiger charge is -2.05. The summed E-state index contributed by atoms with van der Waals surface area (Å²) < 4.78 is 35.8. The number of aromatic nitrogens is 3. The van der Waals surface area contributed by atoms with Crippen LogP contribution < -0.4 is 5.32 Å². The van der Waals surface area contributed by atoms with Crippen molar-refractivity contribution in [3.63, 3.8) is 0 Å². The van der Waals surface area contributed by atoms with Gasteiger partial charge >= 0.3 is 6.18 Å². The molecule has 0 saturated heterocycles. The summed E-state index contributed by atoms with van der Waals surface area (Å²) in [5.74, 6) is 0. The molecule has 1 heterocycles. The first-order valence-corrected chi connectivity index (χ1v) is 5.79. The molecule has 2 aromatic rings. The molecule has 0 aliphatic heterocycles. The highest BCUT2D eigenvalue weighted by atomic mass is 19.4. The van der Waals surface area contributed by atoms with Crippen LogP contribution in [-0.4, -0.2) is 27.7 Å². The molecule has 1 aromatic heterocycles. The minimum absolute atomic E-state index is 0.123. The Balaban J connectivity index is 1.85. The van der Waals surface area contributed by atoms with Crippen molar-refractivity contribution in [3.05, 3.63) is 42.2 Å². The Hall–Kier alpha value is -1.89. The Morgan fingerprint density at radius 1 is 1.16 bits per heavy atom. The van der Waals surface area contributed by atoms with Crippen molar-refractivity contribution in [2.45, 2.75) is 19.1 Å². The lowest BCUT2D eigenvalue weighted by atomic mass is 10.3. The maximum absolute atomic E-state index is 11.9. The van der Waals surface area contributed by atoms with Crippen LogP contribution in [-0.2, 0) is 6.54 Å². The summed E-state index contributed by atoms with van der Waals surface area (Å²) >= 11 is 0. The Bertz CT molecular complexity index is 507. The van der Waals surface area contributed by atoms with Crippen LogP contribution in [0.25, 0.3) is 5.69 Å². The fraction of sp³-hybridized carbons (Fsp3) is 0.333. The van der Waals surface area contributed by atoms with Gasteiger partial charge in [-0.05, 0) is 12.1 Å². The standard InChI is InChI=1S/C12H13F3N4/c13-12(14,15)6-7-16-8-10-9-17-19(18-10)11-4-2-1-3-5-11/h1-5,9,16H,6-8H2. The van der Waals surface area contributed by atoms with Crippen LogP contribution >= 0.6 is 0 Å². The van der Waals surface area contributed by atoms with Crippen LogP contribution in [0.5, 0.6) is 0 Å². The van der Waals surface area contributed by atoms with Gasteiger partial charge in [0.1, 0.15) is 0 Å². The van der Waals surface area contributed by atoms with Crippen LogP contribution in [0.2, 0.25) is 0 Å². The van der Waals surface area contributed by atoms with Crippen LogP contribution in [0.4, 0.5) is 13.2 Å². The molecule has 0 aliphatic carbocycles. The first kappa shape index (κ1) is 13.5. The maximum Gasteiger partial charge on any atom is 0.390 e. The smallest absolute Gasteiger partial charge is 0.311 e. The molecule has 1 N–H and O–H groups in total. The summed E-state index contributed by atoms with van der Waals surface area (Å²) in [5, 5.41) is 10.9. The van der Waals surface area contributed by atoms with E-state index in [0.29, 0.717) is 5.69 Å².